The Morgan fingerprint density at radius 3 is 2.15 bits per heavy atom. The molecule has 0 aromatic heterocycles. The Labute approximate surface area is 120 Å². The molecule has 0 aliphatic rings. The number of aliphatic carboxylic acids is 1. The number of carboxylic acids is 1. The van der Waals surface area contributed by atoms with Gasteiger partial charge in [0.25, 0.3) is 0 Å². The van der Waals surface area contributed by atoms with Gasteiger partial charge in [-0.1, -0.05) is 26.7 Å². The third kappa shape index (κ3) is 9.35. The zero-order valence-corrected chi connectivity index (χ0v) is 12.6. The van der Waals surface area contributed by atoms with Crippen molar-refractivity contribution in [2.75, 3.05) is 6.54 Å². The number of amides is 2. The van der Waals surface area contributed by atoms with Crippen LogP contribution < -0.4 is 10.6 Å². The topological polar surface area (TPSA) is 95.5 Å². The van der Waals surface area contributed by atoms with Gasteiger partial charge in [0.1, 0.15) is 6.04 Å². The third-order valence-corrected chi connectivity index (χ3v) is 2.92. The first-order valence-corrected chi connectivity index (χ1v) is 7.11. The van der Waals surface area contributed by atoms with Crippen LogP contribution in [0.5, 0.6) is 0 Å². The molecule has 0 heterocycles. The first kappa shape index (κ1) is 18.4. The molecule has 1 atom stereocenters. The summed E-state index contributed by atoms with van der Waals surface area (Å²) in [4.78, 5) is 33.2. The highest BCUT2D eigenvalue weighted by Crippen LogP contribution is 2.04. The van der Waals surface area contributed by atoms with Crippen LogP contribution in [0, 0.1) is 5.92 Å². The monoisotopic (exact) mass is 286 g/mol. The maximum absolute atomic E-state index is 11.9. The Morgan fingerprint density at radius 2 is 1.65 bits per heavy atom. The summed E-state index contributed by atoms with van der Waals surface area (Å²) in [5.74, 6) is -1.11. The van der Waals surface area contributed by atoms with Gasteiger partial charge in [-0.25, -0.2) is 0 Å². The lowest BCUT2D eigenvalue weighted by Gasteiger charge is -2.20. The molecule has 0 fully saturated rings. The number of unbranched alkanes of at least 4 members (excludes halogenated alkanes) is 3. The van der Waals surface area contributed by atoms with Crippen LogP contribution in [0.3, 0.4) is 0 Å². The largest absolute Gasteiger partial charge is 0.481 e. The lowest BCUT2D eigenvalue weighted by Crippen LogP contribution is -2.49. The fraction of sp³-hybridized carbons (Fsp3) is 0.786. The molecular formula is C14H26N2O4. The summed E-state index contributed by atoms with van der Waals surface area (Å²) >= 11 is 0. The van der Waals surface area contributed by atoms with Crippen LogP contribution in [0.15, 0.2) is 0 Å². The summed E-state index contributed by atoms with van der Waals surface area (Å²) in [6, 6.07) is -0.500. The smallest absolute Gasteiger partial charge is 0.303 e. The van der Waals surface area contributed by atoms with E-state index in [9.17, 15) is 14.4 Å². The van der Waals surface area contributed by atoms with E-state index in [0.717, 1.165) is 19.3 Å². The minimum Gasteiger partial charge on any atom is -0.481 e. The van der Waals surface area contributed by atoms with Crippen molar-refractivity contribution in [1.29, 1.82) is 0 Å². The Hall–Kier alpha value is -1.59. The second-order valence-electron chi connectivity index (χ2n) is 5.27. The molecule has 0 rings (SSSR count). The van der Waals surface area contributed by atoms with E-state index >= 15 is 0 Å². The normalized spacial score (nSPS) is 12.0. The van der Waals surface area contributed by atoms with Crippen LogP contribution in [0.25, 0.3) is 0 Å². The zero-order chi connectivity index (χ0) is 15.5. The van der Waals surface area contributed by atoms with E-state index in [4.69, 9.17) is 5.11 Å². The van der Waals surface area contributed by atoms with Crippen LogP contribution in [0.2, 0.25) is 0 Å². The molecule has 0 saturated heterocycles. The highest BCUT2D eigenvalue weighted by molar-refractivity contribution is 5.86. The molecule has 0 radical (unpaired) electrons. The predicted molar refractivity (Wildman–Crippen MR) is 76.2 cm³/mol. The second-order valence-corrected chi connectivity index (χ2v) is 5.27. The van der Waals surface area contributed by atoms with Gasteiger partial charge in [0.15, 0.2) is 0 Å². The van der Waals surface area contributed by atoms with E-state index in [-0.39, 0.29) is 24.2 Å². The van der Waals surface area contributed by atoms with E-state index in [2.05, 4.69) is 10.6 Å². The highest BCUT2D eigenvalue weighted by Gasteiger charge is 2.22. The number of carbonyl (C=O) groups excluding carboxylic acids is 2. The van der Waals surface area contributed by atoms with Crippen LogP contribution in [-0.4, -0.2) is 35.5 Å². The Bertz CT molecular complexity index is 329. The maximum atomic E-state index is 11.9. The lowest BCUT2D eigenvalue weighted by molar-refractivity contribution is -0.137. The molecule has 0 saturated carbocycles. The molecule has 1 unspecified atom stereocenters. The predicted octanol–water partition coefficient (Wildman–Crippen LogP) is 1.30. The first-order chi connectivity index (χ1) is 9.34. The number of hydrogen-bond donors (Lipinski definition) is 3. The lowest BCUT2D eigenvalue weighted by atomic mass is 10.0. The highest BCUT2D eigenvalue weighted by atomic mass is 16.4. The van der Waals surface area contributed by atoms with Gasteiger partial charge in [-0.2, -0.15) is 0 Å². The van der Waals surface area contributed by atoms with Gasteiger partial charge in [0.2, 0.25) is 11.8 Å². The standard InChI is InChI=1S/C14H26N2O4/c1-10(2)13(16-11(3)17)14(20)15-9-7-5-4-6-8-12(18)19/h10,13H,4-9H2,1-3H3,(H,15,20)(H,16,17)(H,18,19). The van der Waals surface area contributed by atoms with Crippen molar-refractivity contribution in [3.63, 3.8) is 0 Å². The fourth-order valence-electron chi connectivity index (χ4n) is 1.83. The molecule has 0 aliphatic heterocycles. The first-order valence-electron chi connectivity index (χ1n) is 7.11. The van der Waals surface area contributed by atoms with Gasteiger partial charge in [0, 0.05) is 19.9 Å². The molecule has 116 valence electrons. The summed E-state index contributed by atoms with van der Waals surface area (Å²) in [6.07, 6.45) is 3.42. The number of hydrogen-bond acceptors (Lipinski definition) is 3. The molecule has 6 heteroatoms. The summed E-state index contributed by atoms with van der Waals surface area (Å²) in [7, 11) is 0. The number of carbonyl (C=O) groups is 3. The molecular weight excluding hydrogens is 260 g/mol. The second kappa shape index (κ2) is 10.2. The molecule has 0 spiro atoms. The van der Waals surface area contributed by atoms with E-state index in [1.807, 2.05) is 13.8 Å². The van der Waals surface area contributed by atoms with Crippen molar-refractivity contribution in [2.45, 2.75) is 58.9 Å². The summed E-state index contributed by atoms with van der Waals surface area (Å²) < 4.78 is 0. The molecule has 0 aromatic carbocycles. The Morgan fingerprint density at radius 1 is 1.05 bits per heavy atom. The molecule has 3 N–H and O–H groups in total. The Balaban J connectivity index is 3.79. The van der Waals surface area contributed by atoms with Gasteiger partial charge < -0.3 is 15.7 Å². The van der Waals surface area contributed by atoms with Crippen LogP contribution in [0.1, 0.15) is 52.9 Å². The summed E-state index contributed by atoms with van der Waals surface area (Å²) in [5.41, 5.74) is 0. The van der Waals surface area contributed by atoms with Crippen LogP contribution in [-0.2, 0) is 14.4 Å². The molecule has 0 bridgehead atoms. The van der Waals surface area contributed by atoms with Gasteiger partial charge in [-0.15, -0.1) is 0 Å². The van der Waals surface area contributed by atoms with E-state index in [0.29, 0.717) is 13.0 Å². The van der Waals surface area contributed by atoms with Crippen molar-refractivity contribution < 1.29 is 19.5 Å². The Kier molecular flexibility index (Phi) is 9.41. The summed E-state index contributed by atoms with van der Waals surface area (Å²) in [6.45, 7) is 5.71. The van der Waals surface area contributed by atoms with Crippen molar-refractivity contribution in [3.8, 4) is 0 Å². The summed E-state index contributed by atoms with van der Waals surface area (Å²) in [5, 5.41) is 13.9. The number of carboxylic acid groups (broad SMARTS) is 1. The van der Waals surface area contributed by atoms with Gasteiger partial charge in [0.05, 0.1) is 0 Å². The van der Waals surface area contributed by atoms with Crippen molar-refractivity contribution >= 4 is 17.8 Å². The zero-order valence-electron chi connectivity index (χ0n) is 12.6. The number of nitrogens with one attached hydrogen (secondary N) is 2. The fourth-order valence-corrected chi connectivity index (χ4v) is 1.83. The SMILES string of the molecule is CC(=O)NC(C(=O)NCCCCCCC(=O)O)C(C)C. The number of rotatable bonds is 10. The van der Waals surface area contributed by atoms with Crippen molar-refractivity contribution in [3.05, 3.63) is 0 Å². The molecule has 0 aromatic rings. The quantitative estimate of drug-likeness (QED) is 0.527. The average molecular weight is 286 g/mol. The third-order valence-electron chi connectivity index (χ3n) is 2.92. The average Bonchev–Trinajstić information content (AvgIpc) is 2.33. The maximum Gasteiger partial charge on any atom is 0.303 e. The minimum absolute atomic E-state index is 0.0365. The van der Waals surface area contributed by atoms with Gasteiger partial charge >= 0.3 is 5.97 Å². The molecule has 6 nitrogen and oxygen atoms in total. The van der Waals surface area contributed by atoms with Crippen molar-refractivity contribution in [2.24, 2.45) is 5.92 Å². The van der Waals surface area contributed by atoms with Crippen LogP contribution in [0.4, 0.5) is 0 Å². The molecule has 0 aliphatic carbocycles. The minimum atomic E-state index is -0.770. The van der Waals surface area contributed by atoms with Gasteiger partial charge in [-0.05, 0) is 18.8 Å². The van der Waals surface area contributed by atoms with Gasteiger partial charge in [-0.3, -0.25) is 14.4 Å². The molecule has 20 heavy (non-hydrogen) atoms. The van der Waals surface area contributed by atoms with Crippen molar-refractivity contribution in [1.82, 2.24) is 10.6 Å². The molecule has 2 amide bonds. The van der Waals surface area contributed by atoms with Crippen LogP contribution >= 0.6 is 0 Å². The van der Waals surface area contributed by atoms with E-state index < -0.39 is 12.0 Å². The van der Waals surface area contributed by atoms with E-state index in [1.165, 1.54) is 6.92 Å². The van der Waals surface area contributed by atoms with E-state index in [1.54, 1.807) is 0 Å².